The van der Waals surface area contributed by atoms with Crippen LogP contribution in [0.4, 0.5) is 26.3 Å². The summed E-state index contributed by atoms with van der Waals surface area (Å²) in [6.45, 7) is 0. The fourth-order valence-electron chi connectivity index (χ4n) is 5.60. The summed E-state index contributed by atoms with van der Waals surface area (Å²) in [5.41, 5.74) is -0.756. The van der Waals surface area contributed by atoms with Gasteiger partial charge in [0.15, 0.2) is 0 Å². The summed E-state index contributed by atoms with van der Waals surface area (Å²) in [6.07, 6.45) is -10.2. The number of halogens is 6. The minimum Gasteiger partial charge on any atom is -0.507 e. The van der Waals surface area contributed by atoms with Crippen molar-refractivity contribution in [2.75, 3.05) is 0 Å². The second kappa shape index (κ2) is 11.1. The molecule has 0 atom stereocenters. The molecule has 0 saturated carbocycles. The lowest BCUT2D eigenvalue weighted by Gasteiger charge is -2.20. The predicted molar refractivity (Wildman–Crippen MR) is 162 cm³/mol. The van der Waals surface area contributed by atoms with Crippen molar-refractivity contribution >= 4 is 33.1 Å². The minimum atomic E-state index is -5.12. The molecule has 0 aliphatic carbocycles. The summed E-state index contributed by atoms with van der Waals surface area (Å²) in [5, 5.41) is 25.7. The van der Waals surface area contributed by atoms with Crippen molar-refractivity contribution in [2.45, 2.75) is 12.4 Å². The number of rotatable bonds is 5. The molecule has 0 aromatic heterocycles. The maximum Gasteiger partial charge on any atom is 0.454 e. The quantitative estimate of drug-likeness (QED) is 0.147. The summed E-state index contributed by atoms with van der Waals surface area (Å²) in [5.74, 6) is -4.96. The number of carbonyl (C=O) groups is 2. The number of hydrogen-bond donors (Lipinski definition) is 2. The first-order chi connectivity index (χ1) is 21.8. The Kier molecular flexibility index (Phi) is 7.31. The number of ketones is 2. The van der Waals surface area contributed by atoms with Gasteiger partial charge >= 0.3 is 12.4 Å². The second-order valence-electron chi connectivity index (χ2n) is 10.6. The summed E-state index contributed by atoms with van der Waals surface area (Å²) >= 11 is 0. The second-order valence-corrected chi connectivity index (χ2v) is 10.6. The summed E-state index contributed by atoms with van der Waals surface area (Å²) < 4.78 is 79.4. The monoisotopic (exact) mass is 630 g/mol. The smallest absolute Gasteiger partial charge is 0.454 e. The van der Waals surface area contributed by atoms with Gasteiger partial charge in [-0.15, -0.1) is 0 Å². The topological polar surface area (TPSA) is 74.6 Å². The normalized spacial score (nSPS) is 12.0. The molecule has 0 amide bonds. The van der Waals surface area contributed by atoms with Gasteiger partial charge in [-0.3, -0.25) is 9.59 Å². The highest BCUT2D eigenvalue weighted by Gasteiger charge is 2.40. The molecule has 0 spiro atoms. The van der Waals surface area contributed by atoms with E-state index in [0.717, 1.165) is 24.3 Å². The van der Waals surface area contributed by atoms with Gasteiger partial charge < -0.3 is 10.2 Å². The van der Waals surface area contributed by atoms with Crippen LogP contribution >= 0.6 is 0 Å². The zero-order valence-corrected chi connectivity index (χ0v) is 23.4. The van der Waals surface area contributed by atoms with Gasteiger partial charge in [-0.1, -0.05) is 84.9 Å². The van der Waals surface area contributed by atoms with Gasteiger partial charge in [0.1, 0.15) is 11.5 Å². The average Bonchev–Trinajstić information content (AvgIpc) is 3.03. The number of Topliss-reactive ketones (excluding diaryl/α,β-unsaturated/α-hetero) is 2. The fraction of sp³-hybridized carbons (Fsp3) is 0.0556. The first-order valence-corrected chi connectivity index (χ1v) is 13.7. The first-order valence-electron chi connectivity index (χ1n) is 13.7. The van der Waals surface area contributed by atoms with Crippen LogP contribution in [0.5, 0.6) is 11.5 Å². The van der Waals surface area contributed by atoms with E-state index in [1.165, 1.54) is 24.3 Å². The van der Waals surface area contributed by atoms with Crippen molar-refractivity contribution in [3.63, 3.8) is 0 Å². The minimum absolute atomic E-state index is 0.0668. The van der Waals surface area contributed by atoms with Crippen LogP contribution in [0.1, 0.15) is 20.7 Å². The molecular formula is C36H20F6O4. The number of fused-ring (bicyclic) bond motifs is 2. The molecule has 2 N–H and O–H groups in total. The Morgan fingerprint density at radius 3 is 1.22 bits per heavy atom. The molecule has 0 heterocycles. The highest BCUT2D eigenvalue weighted by Crippen LogP contribution is 2.51. The molecular weight excluding hydrogens is 610 g/mol. The van der Waals surface area contributed by atoms with Crippen LogP contribution in [0.15, 0.2) is 109 Å². The molecule has 6 rings (SSSR count). The van der Waals surface area contributed by atoms with Gasteiger partial charge in [0.05, 0.1) is 0 Å². The van der Waals surface area contributed by atoms with E-state index in [4.69, 9.17) is 0 Å². The van der Waals surface area contributed by atoms with Crippen LogP contribution in [0.25, 0.3) is 54.9 Å². The molecule has 0 bridgehead atoms. The van der Waals surface area contributed by atoms with Gasteiger partial charge in [0.25, 0.3) is 11.6 Å². The van der Waals surface area contributed by atoms with Crippen LogP contribution in [-0.4, -0.2) is 34.1 Å². The number of hydrogen-bond acceptors (Lipinski definition) is 4. The lowest BCUT2D eigenvalue weighted by atomic mass is 9.86. The largest absolute Gasteiger partial charge is 0.507 e. The van der Waals surface area contributed by atoms with E-state index in [1.54, 1.807) is 60.7 Å². The van der Waals surface area contributed by atoms with Gasteiger partial charge in [-0.2, -0.15) is 26.3 Å². The van der Waals surface area contributed by atoms with Gasteiger partial charge in [-0.25, -0.2) is 0 Å². The van der Waals surface area contributed by atoms with E-state index in [2.05, 4.69) is 0 Å². The third kappa shape index (κ3) is 5.32. The van der Waals surface area contributed by atoms with E-state index >= 15 is 0 Å². The predicted octanol–water partition coefficient (Wildman–Crippen LogP) is 9.90. The Hall–Kier alpha value is -5.64. The zero-order valence-electron chi connectivity index (χ0n) is 23.4. The third-order valence-corrected chi connectivity index (χ3v) is 7.68. The van der Waals surface area contributed by atoms with Crippen molar-refractivity contribution in [3.8, 4) is 44.9 Å². The number of phenols is 2. The van der Waals surface area contributed by atoms with Crippen molar-refractivity contribution in [3.05, 3.63) is 120 Å². The Morgan fingerprint density at radius 2 is 0.848 bits per heavy atom. The maximum absolute atomic E-state index is 13.2. The number of benzene rings is 6. The van der Waals surface area contributed by atoms with E-state index < -0.39 is 46.5 Å². The lowest BCUT2D eigenvalue weighted by molar-refractivity contribution is -0.0888. The van der Waals surface area contributed by atoms with Gasteiger partial charge in [-0.05, 0) is 56.9 Å². The standard InChI is InChI=1S/C36H20F6O4/c37-35(38,39)33(45)23-11-5-9-19(15-23)27-17-21-7-1-3-13-25(21)29(31(27)43)30-26-14-4-2-8-22(26)18-28(32(30)44)20-10-6-12-24(16-20)34(46)36(40,41)42/h1-18,43-44H. The molecule has 0 radical (unpaired) electrons. The van der Waals surface area contributed by atoms with E-state index in [-0.39, 0.29) is 33.4 Å². The Balaban J connectivity index is 1.66. The molecule has 4 nitrogen and oxygen atoms in total. The number of carbonyl (C=O) groups excluding carboxylic acids is 2. The van der Waals surface area contributed by atoms with Crippen molar-refractivity contribution in [1.29, 1.82) is 0 Å². The lowest BCUT2D eigenvalue weighted by Crippen LogP contribution is -2.22. The van der Waals surface area contributed by atoms with E-state index in [1.807, 2.05) is 0 Å². The summed E-state index contributed by atoms with van der Waals surface area (Å²) in [7, 11) is 0. The molecule has 6 aromatic carbocycles. The van der Waals surface area contributed by atoms with Gasteiger partial charge in [0, 0.05) is 33.4 Å². The molecule has 0 saturated heterocycles. The molecule has 0 aliphatic rings. The van der Waals surface area contributed by atoms with E-state index in [9.17, 15) is 46.1 Å². The number of aromatic hydroxyl groups is 2. The van der Waals surface area contributed by atoms with Crippen LogP contribution in [0, 0.1) is 0 Å². The van der Waals surface area contributed by atoms with Crippen molar-refractivity contribution in [1.82, 2.24) is 0 Å². The maximum atomic E-state index is 13.2. The highest BCUT2D eigenvalue weighted by molar-refractivity contribution is 6.14. The molecule has 230 valence electrons. The third-order valence-electron chi connectivity index (χ3n) is 7.68. The SMILES string of the molecule is O=C(c1cccc(-c2cc3ccccc3c(-c3c(O)c(-c4cccc(C(=O)C(F)(F)F)c4)cc4ccccc34)c2O)c1)C(F)(F)F. The Morgan fingerprint density at radius 1 is 0.478 bits per heavy atom. The van der Waals surface area contributed by atoms with Crippen LogP contribution in [-0.2, 0) is 0 Å². The molecule has 0 aliphatic heterocycles. The van der Waals surface area contributed by atoms with E-state index in [0.29, 0.717) is 21.5 Å². The number of alkyl halides is 6. The van der Waals surface area contributed by atoms with Gasteiger partial charge in [0.2, 0.25) is 0 Å². The molecule has 10 heteroatoms. The Bertz CT molecular complexity index is 2040. The summed E-state index contributed by atoms with van der Waals surface area (Å²) in [6, 6.07) is 26.0. The van der Waals surface area contributed by atoms with Crippen LogP contribution in [0.3, 0.4) is 0 Å². The first kappa shape index (κ1) is 30.4. The molecule has 46 heavy (non-hydrogen) atoms. The molecule has 0 unspecified atom stereocenters. The van der Waals surface area contributed by atoms with Crippen LogP contribution < -0.4 is 0 Å². The van der Waals surface area contributed by atoms with Crippen molar-refractivity contribution in [2.24, 2.45) is 0 Å². The zero-order chi connectivity index (χ0) is 33.0. The van der Waals surface area contributed by atoms with Crippen molar-refractivity contribution < 1.29 is 46.1 Å². The Labute approximate surface area is 256 Å². The molecule has 0 fully saturated rings. The van der Waals surface area contributed by atoms with Crippen LogP contribution in [0.2, 0.25) is 0 Å². The average molecular weight is 631 g/mol. The fourth-order valence-corrected chi connectivity index (χ4v) is 5.60. The number of phenolic OH excluding ortho intramolecular Hbond substituents is 2. The summed E-state index contributed by atoms with van der Waals surface area (Å²) in [4.78, 5) is 24.0. The molecule has 6 aromatic rings. The highest BCUT2D eigenvalue weighted by atomic mass is 19.4.